The van der Waals surface area contributed by atoms with Crippen molar-refractivity contribution in [1.82, 2.24) is 0 Å². The Kier molecular flexibility index (Phi) is 2.80. The molecule has 0 bridgehead atoms. The van der Waals surface area contributed by atoms with Crippen molar-refractivity contribution >= 4 is 4.54 Å². The van der Waals surface area contributed by atoms with Gasteiger partial charge < -0.3 is 0 Å². The second-order valence-corrected chi connectivity index (χ2v) is 2.14. The Morgan fingerprint density at radius 1 is 2.00 bits per heavy atom. The van der Waals surface area contributed by atoms with E-state index in [-0.39, 0.29) is 11.0 Å². The number of rotatable bonds is 2. The maximum atomic E-state index is 8.84. The molecule has 0 saturated heterocycles. The summed E-state index contributed by atoms with van der Waals surface area (Å²) in [6, 6.07) is 0. The van der Waals surface area contributed by atoms with E-state index in [1.165, 1.54) is 0 Å². The fourth-order valence-corrected chi connectivity index (χ4v) is 0.360. The molecule has 0 amide bonds. The minimum absolute atomic E-state index is 0.000000000000000222. The summed E-state index contributed by atoms with van der Waals surface area (Å²) in [5.74, 6) is 0. The number of nitrogens with two attached hydrogens (primary N) is 1. The van der Waals surface area contributed by atoms with Gasteiger partial charge in [-0.05, 0) is 0 Å². The average molecular weight is 157 g/mol. The van der Waals surface area contributed by atoms with Gasteiger partial charge in [0.15, 0.2) is 0 Å². The van der Waals surface area contributed by atoms with Crippen LogP contribution >= 0.6 is 0 Å². The zero-order valence-corrected chi connectivity index (χ0v) is 5.69. The fourth-order valence-electron chi connectivity index (χ4n) is 0.165. The van der Waals surface area contributed by atoms with Crippen molar-refractivity contribution in [1.29, 1.82) is 0 Å². The molecule has 0 aromatic rings. The summed E-state index contributed by atoms with van der Waals surface area (Å²) in [4.78, 5) is 0. The molecule has 0 heterocycles. The van der Waals surface area contributed by atoms with Crippen LogP contribution < -0.4 is 5.73 Å². The van der Waals surface area contributed by atoms with E-state index in [4.69, 9.17) is 16.6 Å². The molecule has 1 atom stereocenters. The molecule has 0 radical (unpaired) electrons. The van der Waals surface area contributed by atoms with Crippen LogP contribution in [-0.2, 0) is 15.6 Å². The van der Waals surface area contributed by atoms with Gasteiger partial charge in [-0.15, -0.1) is 0 Å². The van der Waals surface area contributed by atoms with Gasteiger partial charge in [-0.3, -0.25) is 0 Å². The Hall–Kier alpha value is 0.269. The van der Waals surface area contributed by atoms with Crippen molar-refractivity contribution in [2.75, 3.05) is 0 Å². The van der Waals surface area contributed by atoms with E-state index in [2.05, 4.69) is 15.6 Å². The fraction of sp³-hybridized carbons (Fsp3) is 0.750. The Labute approximate surface area is 56.4 Å². The second kappa shape index (κ2) is 2.71. The summed E-state index contributed by atoms with van der Waals surface area (Å²) in [5.41, 5.74) is 10.4. The molecule has 0 fully saturated rings. The van der Waals surface area contributed by atoms with Crippen LogP contribution in [0.3, 0.4) is 0 Å². The Morgan fingerprint density at radius 2 is 2.38 bits per heavy atom. The second-order valence-electron chi connectivity index (χ2n) is 1.55. The molecule has 0 aliphatic rings. The average Bonchev–Trinajstić information content (AvgIpc) is 1.67. The van der Waals surface area contributed by atoms with Crippen molar-refractivity contribution < 1.29 is 20.7 Å². The number of aliphatic hydroxyl groups is 1. The van der Waals surface area contributed by atoms with E-state index in [0.717, 1.165) is 0 Å². The third-order valence-corrected chi connectivity index (χ3v) is 1.35. The van der Waals surface area contributed by atoms with Gasteiger partial charge in [-0.25, -0.2) is 0 Å². The van der Waals surface area contributed by atoms with Gasteiger partial charge in [0.05, 0.1) is 0 Å². The SMILES string of the molecule is CCC([NH-])(O)[C](N)=[Fe+]. The van der Waals surface area contributed by atoms with Crippen molar-refractivity contribution in [3.05, 3.63) is 5.73 Å². The van der Waals surface area contributed by atoms with Crippen LogP contribution in [0, 0.1) is 0 Å². The van der Waals surface area contributed by atoms with Crippen LogP contribution in [0.1, 0.15) is 13.3 Å². The molecule has 1 unspecified atom stereocenters. The molecule has 49 valence electrons. The third-order valence-electron chi connectivity index (χ3n) is 0.897. The third kappa shape index (κ3) is 2.03. The number of hydrogen-bond donors (Lipinski definition) is 2. The first-order valence-corrected chi connectivity index (χ1v) is 2.80. The zero-order valence-electron chi connectivity index (χ0n) is 4.59. The predicted molar refractivity (Wildman–Crippen MR) is 28.8 cm³/mol. The van der Waals surface area contributed by atoms with E-state index < -0.39 is 5.72 Å². The normalized spacial score (nSPS) is 17.5. The van der Waals surface area contributed by atoms with E-state index in [9.17, 15) is 0 Å². The van der Waals surface area contributed by atoms with Crippen LogP contribution in [-0.4, -0.2) is 15.4 Å². The quantitative estimate of drug-likeness (QED) is 0.543. The standard InChI is InChI=1S/C4H9N2O.Fe/c1-2-4(6,7)3-5;/h6-7H,2,5H2,1H3;/q-1;+1. The van der Waals surface area contributed by atoms with E-state index in [0.29, 0.717) is 0 Å². The van der Waals surface area contributed by atoms with Gasteiger partial charge >= 0.3 is 55.8 Å². The summed E-state index contributed by atoms with van der Waals surface area (Å²) in [6.45, 7) is 1.67. The van der Waals surface area contributed by atoms with Gasteiger partial charge in [0.25, 0.3) is 0 Å². The summed E-state index contributed by atoms with van der Waals surface area (Å²) < 4.78 is 0.000000000000000222. The van der Waals surface area contributed by atoms with E-state index in [1.807, 2.05) is 0 Å². The minimum atomic E-state index is -1.62. The van der Waals surface area contributed by atoms with E-state index >= 15 is 0 Å². The van der Waals surface area contributed by atoms with Crippen LogP contribution in [0.25, 0.3) is 5.73 Å². The van der Waals surface area contributed by atoms with Crippen molar-refractivity contribution in [3.8, 4) is 0 Å². The molecule has 0 aromatic heterocycles. The molecule has 0 saturated carbocycles. The molecule has 3 nitrogen and oxygen atoms in total. The van der Waals surface area contributed by atoms with Crippen molar-refractivity contribution in [2.45, 2.75) is 19.1 Å². The van der Waals surface area contributed by atoms with Gasteiger partial charge in [0.2, 0.25) is 0 Å². The molecular weight excluding hydrogens is 148 g/mol. The van der Waals surface area contributed by atoms with Crippen molar-refractivity contribution in [2.24, 2.45) is 5.73 Å². The van der Waals surface area contributed by atoms with Gasteiger partial charge in [0, 0.05) is 0 Å². The molecule has 4 N–H and O–H groups in total. The molecule has 4 heteroatoms. The summed E-state index contributed by atoms with van der Waals surface area (Å²) in [6.07, 6.45) is 0.280. The van der Waals surface area contributed by atoms with Crippen LogP contribution in [0.5, 0.6) is 0 Å². The molecule has 0 rings (SSSR count). The molecule has 0 spiro atoms. The van der Waals surface area contributed by atoms with Crippen molar-refractivity contribution in [3.63, 3.8) is 0 Å². The van der Waals surface area contributed by atoms with Gasteiger partial charge in [-0.2, -0.15) is 0 Å². The molecule has 8 heavy (non-hydrogen) atoms. The summed E-state index contributed by atoms with van der Waals surface area (Å²) in [5, 5.41) is 8.84. The number of nitrogens with one attached hydrogen (secondary N) is 1. The van der Waals surface area contributed by atoms with Crippen LogP contribution in [0.2, 0.25) is 0 Å². The monoisotopic (exact) mass is 157 g/mol. The molecule has 0 aliphatic heterocycles. The molecular formula is C4H9FeN2O. The molecule has 0 aliphatic carbocycles. The van der Waals surface area contributed by atoms with E-state index in [1.54, 1.807) is 6.92 Å². The predicted octanol–water partition coefficient (Wildman–Crippen LogP) is -0.227. The maximum absolute atomic E-state index is 8.84. The Bertz CT molecular complexity index is 102. The van der Waals surface area contributed by atoms with Gasteiger partial charge in [-0.1, -0.05) is 0 Å². The first-order valence-electron chi connectivity index (χ1n) is 2.25. The number of hydrogen-bond acceptors (Lipinski definition) is 2. The Balaban J connectivity index is 3.91. The first kappa shape index (κ1) is 8.27. The topological polar surface area (TPSA) is 70.0 Å². The van der Waals surface area contributed by atoms with Gasteiger partial charge in [0.1, 0.15) is 0 Å². The summed E-state index contributed by atoms with van der Waals surface area (Å²) in [7, 11) is 0. The zero-order chi connectivity index (χ0) is 6.78. The Morgan fingerprint density at radius 3 is 2.38 bits per heavy atom. The summed E-state index contributed by atoms with van der Waals surface area (Å²) >= 11 is 3.24. The van der Waals surface area contributed by atoms with Crippen LogP contribution in [0.4, 0.5) is 0 Å². The first-order chi connectivity index (χ1) is 3.50. The molecule has 0 aromatic carbocycles. The van der Waals surface area contributed by atoms with Crippen LogP contribution in [0.15, 0.2) is 0 Å².